The minimum atomic E-state index is -1.89. The van der Waals surface area contributed by atoms with Gasteiger partial charge in [0.25, 0.3) is 6.08 Å². The lowest BCUT2D eigenvalue weighted by atomic mass is 10.6. The summed E-state index contributed by atoms with van der Waals surface area (Å²) in [4.78, 5) is 11.3. The summed E-state index contributed by atoms with van der Waals surface area (Å²) in [5.41, 5.74) is 0. The Hall–Kier alpha value is -1.13. The number of halogens is 2. The van der Waals surface area contributed by atoms with Gasteiger partial charge in [0.1, 0.15) is 6.61 Å². The van der Waals surface area contributed by atoms with Crippen LogP contribution in [0.15, 0.2) is 12.3 Å². The topological polar surface area (TPSA) is 29.5 Å². The zero-order valence-electron chi connectivity index (χ0n) is 5.01. The van der Waals surface area contributed by atoms with Crippen molar-refractivity contribution in [3.05, 3.63) is 12.3 Å². The monoisotopic (exact) mass is 149 g/mol. The summed E-state index contributed by atoms with van der Waals surface area (Å²) in [6.45, 7) is 0.388. The third-order valence-corrected chi connectivity index (χ3v) is 1.05. The van der Waals surface area contributed by atoms with Crippen LogP contribution in [-0.4, -0.2) is 24.1 Å². The van der Waals surface area contributed by atoms with E-state index < -0.39 is 12.2 Å². The molecule has 5 heteroatoms. The van der Waals surface area contributed by atoms with Crippen LogP contribution < -0.4 is 0 Å². The van der Waals surface area contributed by atoms with Crippen LogP contribution in [-0.2, 0) is 4.74 Å². The molecular weight excluding hydrogens is 144 g/mol. The zero-order chi connectivity index (χ0) is 7.56. The van der Waals surface area contributed by atoms with E-state index in [-0.39, 0.29) is 13.2 Å². The van der Waals surface area contributed by atoms with Gasteiger partial charge in [0, 0.05) is 0 Å². The van der Waals surface area contributed by atoms with Crippen LogP contribution in [0.3, 0.4) is 0 Å². The van der Waals surface area contributed by atoms with Gasteiger partial charge in [0.05, 0.1) is 12.7 Å². The average molecular weight is 149 g/mol. The molecule has 0 aliphatic carbocycles. The molecule has 10 heavy (non-hydrogen) atoms. The first kappa shape index (κ1) is 6.98. The fourth-order valence-corrected chi connectivity index (χ4v) is 0.641. The van der Waals surface area contributed by atoms with Gasteiger partial charge < -0.3 is 4.74 Å². The lowest BCUT2D eigenvalue weighted by molar-refractivity contribution is 0.165. The molecule has 0 saturated carbocycles. The molecule has 1 heterocycles. The molecule has 1 amide bonds. The molecule has 1 aliphatic rings. The Labute approximate surface area is 55.9 Å². The van der Waals surface area contributed by atoms with Gasteiger partial charge in [0.2, 0.25) is 0 Å². The van der Waals surface area contributed by atoms with Gasteiger partial charge in [-0.3, -0.25) is 4.90 Å². The van der Waals surface area contributed by atoms with Crippen LogP contribution >= 0.6 is 0 Å². The molecule has 0 spiro atoms. The van der Waals surface area contributed by atoms with Crippen LogP contribution in [0.4, 0.5) is 13.6 Å². The Balaban J connectivity index is 2.56. The van der Waals surface area contributed by atoms with E-state index in [0.29, 0.717) is 6.20 Å². The quantitative estimate of drug-likeness (QED) is 0.560. The van der Waals surface area contributed by atoms with Crippen LogP contribution in [0.25, 0.3) is 0 Å². The standard InChI is InChI=1S/C5H5F2NO2/c6-4(7)3-8-1-2-10-5(8)9/h3H,1-2H2. The second-order valence-corrected chi connectivity index (χ2v) is 1.73. The molecule has 0 aromatic heterocycles. The number of hydrogen-bond acceptors (Lipinski definition) is 2. The highest BCUT2D eigenvalue weighted by Gasteiger charge is 2.20. The molecule has 1 aliphatic heterocycles. The highest BCUT2D eigenvalue weighted by Crippen LogP contribution is 2.07. The SMILES string of the molecule is O=C1OCCN1C=C(F)F. The van der Waals surface area contributed by atoms with E-state index in [9.17, 15) is 13.6 Å². The number of rotatable bonds is 1. The summed E-state index contributed by atoms with van der Waals surface area (Å²) in [5, 5.41) is 0. The molecule has 1 fully saturated rings. The van der Waals surface area contributed by atoms with Crippen LogP contribution in [0, 0.1) is 0 Å². The summed E-state index contributed by atoms with van der Waals surface area (Å²) in [6.07, 6.45) is -2.14. The maximum Gasteiger partial charge on any atom is 0.414 e. The van der Waals surface area contributed by atoms with E-state index >= 15 is 0 Å². The Morgan fingerprint density at radius 1 is 1.70 bits per heavy atom. The fourth-order valence-electron chi connectivity index (χ4n) is 0.641. The van der Waals surface area contributed by atoms with Gasteiger partial charge in [-0.2, -0.15) is 8.78 Å². The van der Waals surface area contributed by atoms with Crippen LogP contribution in [0.2, 0.25) is 0 Å². The Morgan fingerprint density at radius 3 is 2.80 bits per heavy atom. The molecule has 1 rings (SSSR count). The first-order valence-electron chi connectivity index (χ1n) is 2.66. The van der Waals surface area contributed by atoms with E-state index in [1.165, 1.54) is 0 Å². The van der Waals surface area contributed by atoms with Crippen molar-refractivity contribution in [2.24, 2.45) is 0 Å². The zero-order valence-corrected chi connectivity index (χ0v) is 5.01. The van der Waals surface area contributed by atoms with Gasteiger partial charge in [-0.15, -0.1) is 0 Å². The predicted octanol–water partition coefficient (Wildman–Crippen LogP) is 1.18. The molecule has 0 N–H and O–H groups in total. The fraction of sp³-hybridized carbons (Fsp3) is 0.400. The summed E-state index contributed by atoms with van der Waals surface area (Å²) in [6, 6.07) is 0. The molecule has 0 bridgehead atoms. The lowest BCUT2D eigenvalue weighted by Gasteiger charge is -2.02. The first-order chi connectivity index (χ1) is 4.70. The Bertz CT molecular complexity index is 176. The molecule has 0 aromatic rings. The number of hydrogen-bond donors (Lipinski definition) is 0. The Kier molecular flexibility index (Phi) is 1.84. The highest BCUT2D eigenvalue weighted by atomic mass is 19.3. The maximum atomic E-state index is 11.5. The molecule has 0 radical (unpaired) electrons. The molecule has 0 atom stereocenters. The third-order valence-electron chi connectivity index (χ3n) is 1.05. The summed E-state index contributed by atoms with van der Waals surface area (Å²) in [7, 11) is 0. The van der Waals surface area contributed by atoms with Crippen molar-refractivity contribution in [2.45, 2.75) is 0 Å². The molecule has 0 unspecified atom stereocenters. The number of nitrogens with zero attached hydrogens (tertiary/aromatic N) is 1. The summed E-state index contributed by atoms with van der Waals surface area (Å²) >= 11 is 0. The average Bonchev–Trinajstić information content (AvgIpc) is 2.15. The van der Waals surface area contributed by atoms with E-state index in [4.69, 9.17) is 0 Å². The van der Waals surface area contributed by atoms with Crippen molar-refractivity contribution in [3.63, 3.8) is 0 Å². The van der Waals surface area contributed by atoms with Gasteiger partial charge in [-0.25, -0.2) is 4.79 Å². The highest BCUT2D eigenvalue weighted by molar-refractivity contribution is 5.70. The van der Waals surface area contributed by atoms with Crippen molar-refractivity contribution in [3.8, 4) is 0 Å². The lowest BCUT2D eigenvalue weighted by Crippen LogP contribution is -2.16. The maximum absolute atomic E-state index is 11.5. The molecule has 0 aromatic carbocycles. The summed E-state index contributed by atoms with van der Waals surface area (Å²) < 4.78 is 27.3. The minimum absolute atomic E-state index is 0.183. The largest absolute Gasteiger partial charge is 0.447 e. The smallest absolute Gasteiger partial charge is 0.414 e. The molecule has 3 nitrogen and oxygen atoms in total. The number of ether oxygens (including phenoxy) is 1. The van der Waals surface area contributed by atoms with Crippen molar-refractivity contribution >= 4 is 6.09 Å². The van der Waals surface area contributed by atoms with Crippen molar-refractivity contribution < 1.29 is 18.3 Å². The van der Waals surface area contributed by atoms with E-state index in [1.54, 1.807) is 0 Å². The van der Waals surface area contributed by atoms with Crippen molar-refractivity contribution in [1.82, 2.24) is 4.90 Å². The van der Waals surface area contributed by atoms with Crippen molar-refractivity contribution in [2.75, 3.05) is 13.2 Å². The second kappa shape index (κ2) is 2.64. The second-order valence-electron chi connectivity index (χ2n) is 1.73. The first-order valence-corrected chi connectivity index (χ1v) is 2.66. The molecule has 56 valence electrons. The number of cyclic esters (lactones) is 1. The molecular formula is C5H5F2NO2. The van der Waals surface area contributed by atoms with Gasteiger partial charge in [0.15, 0.2) is 0 Å². The third kappa shape index (κ3) is 1.43. The van der Waals surface area contributed by atoms with Gasteiger partial charge in [-0.1, -0.05) is 0 Å². The van der Waals surface area contributed by atoms with Gasteiger partial charge in [-0.05, 0) is 0 Å². The Morgan fingerprint density at radius 2 is 2.40 bits per heavy atom. The van der Waals surface area contributed by atoms with Crippen LogP contribution in [0.5, 0.6) is 0 Å². The van der Waals surface area contributed by atoms with E-state index in [2.05, 4.69) is 4.74 Å². The van der Waals surface area contributed by atoms with Gasteiger partial charge >= 0.3 is 6.09 Å². The van der Waals surface area contributed by atoms with E-state index in [1.807, 2.05) is 0 Å². The number of amides is 1. The molecule has 1 saturated heterocycles. The normalized spacial score (nSPS) is 17.0. The summed E-state index contributed by atoms with van der Waals surface area (Å²) in [5.74, 6) is 0. The predicted molar refractivity (Wildman–Crippen MR) is 28.4 cm³/mol. The van der Waals surface area contributed by atoms with E-state index in [0.717, 1.165) is 4.90 Å². The van der Waals surface area contributed by atoms with Crippen LogP contribution in [0.1, 0.15) is 0 Å². The number of carbonyl (C=O) groups excluding carboxylic acids is 1. The minimum Gasteiger partial charge on any atom is -0.447 e. The van der Waals surface area contributed by atoms with Crippen molar-refractivity contribution in [1.29, 1.82) is 0 Å². The number of carbonyl (C=O) groups is 1.